The first-order chi connectivity index (χ1) is 15.7. The van der Waals surface area contributed by atoms with E-state index in [2.05, 4.69) is 20.3 Å². The SMILES string of the molecule is COc1ccc2nc(-c3cccnc3)nc(Nc3nc(-c4ccccc4)c(C=O)s3)c2c1. The highest BCUT2D eigenvalue weighted by atomic mass is 32.1. The summed E-state index contributed by atoms with van der Waals surface area (Å²) >= 11 is 1.28. The molecule has 0 aliphatic heterocycles. The highest BCUT2D eigenvalue weighted by molar-refractivity contribution is 7.17. The Labute approximate surface area is 187 Å². The number of fused-ring (bicyclic) bond motifs is 1. The molecule has 2 aromatic carbocycles. The summed E-state index contributed by atoms with van der Waals surface area (Å²) in [5.41, 5.74) is 3.06. The number of aromatic nitrogens is 4. The van der Waals surface area contributed by atoms with Gasteiger partial charge in [-0.1, -0.05) is 41.7 Å². The van der Waals surface area contributed by atoms with Crippen LogP contribution in [0.4, 0.5) is 10.9 Å². The van der Waals surface area contributed by atoms with Crippen molar-refractivity contribution in [3.63, 3.8) is 0 Å². The number of carbonyl (C=O) groups is 1. The van der Waals surface area contributed by atoms with Gasteiger partial charge in [-0.2, -0.15) is 0 Å². The van der Waals surface area contributed by atoms with Crippen LogP contribution < -0.4 is 10.1 Å². The molecule has 0 aliphatic rings. The second-order valence-corrected chi connectivity index (χ2v) is 7.89. The van der Waals surface area contributed by atoms with Crippen LogP contribution in [0.3, 0.4) is 0 Å². The van der Waals surface area contributed by atoms with Crippen molar-refractivity contribution < 1.29 is 9.53 Å². The largest absolute Gasteiger partial charge is 0.497 e. The Morgan fingerprint density at radius 2 is 1.81 bits per heavy atom. The Kier molecular flexibility index (Phi) is 5.27. The first kappa shape index (κ1) is 19.8. The predicted octanol–water partition coefficient (Wildman–Crippen LogP) is 5.38. The van der Waals surface area contributed by atoms with Crippen molar-refractivity contribution in [1.82, 2.24) is 19.9 Å². The molecule has 0 atom stereocenters. The van der Waals surface area contributed by atoms with E-state index in [1.807, 2.05) is 60.7 Å². The van der Waals surface area contributed by atoms with Crippen LogP contribution in [0.1, 0.15) is 9.67 Å². The van der Waals surface area contributed by atoms with Gasteiger partial charge >= 0.3 is 0 Å². The molecule has 156 valence electrons. The minimum absolute atomic E-state index is 0.536. The molecule has 0 amide bonds. The van der Waals surface area contributed by atoms with E-state index in [0.717, 1.165) is 28.3 Å². The molecule has 3 heterocycles. The molecule has 8 heteroatoms. The van der Waals surface area contributed by atoms with Gasteiger partial charge in [-0.15, -0.1) is 0 Å². The molecule has 7 nitrogen and oxygen atoms in total. The average molecular weight is 440 g/mol. The molecule has 0 bridgehead atoms. The van der Waals surface area contributed by atoms with Gasteiger partial charge in [0.2, 0.25) is 0 Å². The second kappa shape index (κ2) is 8.52. The van der Waals surface area contributed by atoms with E-state index in [4.69, 9.17) is 9.72 Å². The van der Waals surface area contributed by atoms with E-state index in [1.54, 1.807) is 19.5 Å². The number of anilines is 2. The van der Waals surface area contributed by atoms with Gasteiger partial charge in [-0.25, -0.2) is 15.0 Å². The molecule has 5 rings (SSSR count). The van der Waals surface area contributed by atoms with Crippen LogP contribution in [0.5, 0.6) is 5.75 Å². The van der Waals surface area contributed by atoms with Crippen LogP contribution in [-0.2, 0) is 0 Å². The van der Waals surface area contributed by atoms with Gasteiger partial charge in [0.05, 0.1) is 23.2 Å². The summed E-state index contributed by atoms with van der Waals surface area (Å²) in [7, 11) is 1.61. The summed E-state index contributed by atoms with van der Waals surface area (Å²) in [5.74, 6) is 1.79. The normalized spacial score (nSPS) is 10.8. The molecule has 0 fully saturated rings. The number of nitrogens with one attached hydrogen (secondary N) is 1. The lowest BCUT2D eigenvalue weighted by atomic mass is 10.1. The molecular weight excluding hydrogens is 422 g/mol. The van der Waals surface area contributed by atoms with Crippen molar-refractivity contribution in [3.8, 4) is 28.4 Å². The van der Waals surface area contributed by atoms with Crippen LogP contribution >= 0.6 is 11.3 Å². The minimum atomic E-state index is 0.536. The smallest absolute Gasteiger partial charge is 0.189 e. The zero-order valence-corrected chi connectivity index (χ0v) is 17.8. The molecule has 5 aromatic rings. The summed E-state index contributed by atoms with van der Waals surface area (Å²) in [6.07, 6.45) is 4.25. The molecule has 0 aliphatic carbocycles. The highest BCUT2D eigenvalue weighted by Gasteiger charge is 2.16. The van der Waals surface area contributed by atoms with Crippen molar-refractivity contribution in [3.05, 3.63) is 77.9 Å². The molecule has 1 N–H and O–H groups in total. The number of methoxy groups -OCH3 is 1. The number of ether oxygens (including phenoxy) is 1. The van der Waals surface area contributed by atoms with Crippen molar-refractivity contribution in [1.29, 1.82) is 0 Å². The third kappa shape index (κ3) is 3.79. The fourth-order valence-corrected chi connectivity index (χ4v) is 4.12. The number of nitrogens with zero attached hydrogens (tertiary/aromatic N) is 4. The van der Waals surface area contributed by atoms with Crippen molar-refractivity contribution in [2.75, 3.05) is 12.4 Å². The molecular formula is C24H17N5O2S. The Bertz CT molecular complexity index is 1400. The van der Waals surface area contributed by atoms with Gasteiger partial charge < -0.3 is 10.1 Å². The van der Waals surface area contributed by atoms with Gasteiger partial charge in [0.1, 0.15) is 11.6 Å². The van der Waals surface area contributed by atoms with E-state index in [9.17, 15) is 4.79 Å². The summed E-state index contributed by atoms with van der Waals surface area (Å²) in [6, 6.07) is 19.0. The number of pyridine rings is 1. The summed E-state index contributed by atoms with van der Waals surface area (Å²) in [5, 5.41) is 4.63. The first-order valence-corrected chi connectivity index (χ1v) is 10.6. The summed E-state index contributed by atoms with van der Waals surface area (Å²) in [6.45, 7) is 0. The van der Waals surface area contributed by atoms with Gasteiger partial charge in [-0.05, 0) is 30.3 Å². The van der Waals surface area contributed by atoms with E-state index in [0.29, 0.717) is 33.1 Å². The van der Waals surface area contributed by atoms with Gasteiger partial charge in [0.25, 0.3) is 0 Å². The maximum atomic E-state index is 11.7. The second-order valence-electron chi connectivity index (χ2n) is 6.86. The quantitative estimate of drug-likeness (QED) is 0.355. The first-order valence-electron chi connectivity index (χ1n) is 9.80. The molecule has 0 spiro atoms. The zero-order valence-electron chi connectivity index (χ0n) is 17.0. The van der Waals surface area contributed by atoms with Gasteiger partial charge in [-0.3, -0.25) is 9.78 Å². The Hall–Kier alpha value is -4.17. The Balaban J connectivity index is 1.63. The van der Waals surface area contributed by atoms with Crippen LogP contribution in [0, 0.1) is 0 Å². The number of hydrogen-bond donors (Lipinski definition) is 1. The van der Waals surface area contributed by atoms with Crippen LogP contribution in [0.25, 0.3) is 33.5 Å². The maximum absolute atomic E-state index is 11.7. The summed E-state index contributed by atoms with van der Waals surface area (Å²) in [4.78, 5) is 30.5. The fraction of sp³-hybridized carbons (Fsp3) is 0.0417. The van der Waals surface area contributed by atoms with E-state index in [-0.39, 0.29) is 0 Å². The molecule has 3 aromatic heterocycles. The minimum Gasteiger partial charge on any atom is -0.497 e. The predicted molar refractivity (Wildman–Crippen MR) is 126 cm³/mol. The number of hydrogen-bond acceptors (Lipinski definition) is 8. The number of rotatable bonds is 6. The van der Waals surface area contributed by atoms with Crippen molar-refractivity contribution >= 4 is 39.5 Å². The molecule has 0 saturated carbocycles. The maximum Gasteiger partial charge on any atom is 0.189 e. The molecule has 0 unspecified atom stereocenters. The number of aldehydes is 1. The zero-order chi connectivity index (χ0) is 21.9. The lowest BCUT2D eigenvalue weighted by molar-refractivity contribution is 0.112. The van der Waals surface area contributed by atoms with Crippen LogP contribution in [0.2, 0.25) is 0 Å². The van der Waals surface area contributed by atoms with Gasteiger partial charge in [0, 0.05) is 28.9 Å². The van der Waals surface area contributed by atoms with Gasteiger partial charge in [0.15, 0.2) is 17.2 Å². The van der Waals surface area contributed by atoms with Crippen LogP contribution in [0.15, 0.2) is 73.1 Å². The average Bonchev–Trinajstić information content (AvgIpc) is 3.27. The molecule has 0 radical (unpaired) electrons. The van der Waals surface area contributed by atoms with E-state index >= 15 is 0 Å². The Morgan fingerprint density at radius 1 is 0.969 bits per heavy atom. The topological polar surface area (TPSA) is 89.9 Å². The Morgan fingerprint density at radius 3 is 2.56 bits per heavy atom. The van der Waals surface area contributed by atoms with Crippen molar-refractivity contribution in [2.45, 2.75) is 0 Å². The van der Waals surface area contributed by atoms with E-state index < -0.39 is 0 Å². The lowest BCUT2D eigenvalue weighted by Gasteiger charge is -2.10. The fourth-order valence-electron chi connectivity index (χ4n) is 3.32. The molecule has 32 heavy (non-hydrogen) atoms. The lowest BCUT2D eigenvalue weighted by Crippen LogP contribution is -2.00. The summed E-state index contributed by atoms with van der Waals surface area (Å²) < 4.78 is 5.39. The monoisotopic (exact) mass is 439 g/mol. The number of carbonyl (C=O) groups excluding carboxylic acids is 1. The third-order valence-corrected chi connectivity index (χ3v) is 5.75. The van der Waals surface area contributed by atoms with E-state index in [1.165, 1.54) is 11.3 Å². The molecule has 0 saturated heterocycles. The van der Waals surface area contributed by atoms with Crippen LogP contribution in [-0.4, -0.2) is 33.3 Å². The standard InChI is InChI=1S/C24H17N5O2S/c1-31-17-9-10-19-18(12-17)23(28-22(26-19)16-8-5-11-25-13-16)29-24-27-21(20(14-30)32-24)15-6-3-2-4-7-15/h2-14H,1H3,(H,26,27,28,29). The number of benzene rings is 2. The van der Waals surface area contributed by atoms with Crippen molar-refractivity contribution in [2.24, 2.45) is 0 Å². The number of thiazole rings is 1. The third-order valence-electron chi connectivity index (χ3n) is 4.86. The highest BCUT2D eigenvalue weighted by Crippen LogP contribution is 2.34.